The molecule has 21 heavy (non-hydrogen) atoms. The first-order valence-corrected chi connectivity index (χ1v) is 8.64. The van der Waals surface area contributed by atoms with Gasteiger partial charge < -0.3 is 5.32 Å². The molecule has 0 aliphatic carbocycles. The molecule has 0 fully saturated rings. The number of rotatable bonds is 6. The van der Waals surface area contributed by atoms with Crippen LogP contribution in [-0.4, -0.2) is 21.3 Å². The first kappa shape index (κ1) is 16.6. The summed E-state index contributed by atoms with van der Waals surface area (Å²) in [6.07, 6.45) is 3.80. The third kappa shape index (κ3) is 4.14. The lowest BCUT2D eigenvalue weighted by Gasteiger charge is -2.18. The van der Waals surface area contributed by atoms with Gasteiger partial charge in [-0.2, -0.15) is 5.10 Å². The Morgan fingerprint density at radius 2 is 2.10 bits per heavy atom. The van der Waals surface area contributed by atoms with E-state index in [0.29, 0.717) is 0 Å². The average Bonchev–Trinajstić information content (AvgIpc) is 2.70. The summed E-state index contributed by atoms with van der Waals surface area (Å²) in [7, 11) is 1.99. The summed E-state index contributed by atoms with van der Waals surface area (Å²) in [5.41, 5.74) is 3.26. The minimum atomic E-state index is 0.184. The second-order valence-electron chi connectivity index (χ2n) is 5.08. The highest BCUT2D eigenvalue weighted by Gasteiger charge is 2.18. The summed E-state index contributed by atoms with van der Waals surface area (Å²) in [6.45, 7) is 5.15. The highest BCUT2D eigenvalue weighted by molar-refractivity contribution is 9.10. The molecule has 1 atom stereocenters. The molecule has 0 spiro atoms. The Morgan fingerprint density at radius 1 is 1.33 bits per heavy atom. The van der Waals surface area contributed by atoms with Gasteiger partial charge in [0.1, 0.15) is 0 Å². The first-order valence-electron chi connectivity index (χ1n) is 7.05. The van der Waals surface area contributed by atoms with Crippen LogP contribution in [-0.2, 0) is 13.5 Å². The summed E-state index contributed by atoms with van der Waals surface area (Å²) in [5, 5.41) is 8.04. The van der Waals surface area contributed by atoms with Crippen molar-refractivity contribution in [2.75, 3.05) is 6.54 Å². The van der Waals surface area contributed by atoms with Crippen LogP contribution in [0.25, 0.3) is 0 Å². The lowest BCUT2D eigenvalue weighted by molar-refractivity contribution is 0.501. The van der Waals surface area contributed by atoms with E-state index in [4.69, 9.17) is 0 Å². The Morgan fingerprint density at radius 3 is 2.62 bits per heavy atom. The summed E-state index contributed by atoms with van der Waals surface area (Å²) >= 11 is 7.08. The monoisotopic (exact) mass is 414 g/mol. The van der Waals surface area contributed by atoms with E-state index in [-0.39, 0.29) is 6.04 Å². The van der Waals surface area contributed by atoms with E-state index in [1.54, 1.807) is 0 Å². The van der Waals surface area contributed by atoms with Crippen molar-refractivity contribution in [3.05, 3.63) is 44.4 Å². The van der Waals surface area contributed by atoms with Crippen molar-refractivity contribution < 1.29 is 0 Å². The SMILES string of the molecule is CCCNC(Cc1c(Br)c(C)nn1C)c1ccc(Br)cn1. The molecular weight excluding hydrogens is 396 g/mol. The van der Waals surface area contributed by atoms with E-state index < -0.39 is 0 Å². The molecule has 2 heterocycles. The van der Waals surface area contributed by atoms with Gasteiger partial charge in [-0.25, -0.2) is 0 Å². The molecule has 0 aliphatic heterocycles. The van der Waals surface area contributed by atoms with E-state index in [0.717, 1.165) is 39.7 Å². The maximum atomic E-state index is 4.54. The van der Waals surface area contributed by atoms with Crippen LogP contribution in [0.5, 0.6) is 0 Å². The maximum absolute atomic E-state index is 4.54. The molecule has 0 aromatic carbocycles. The van der Waals surface area contributed by atoms with Crippen LogP contribution in [0.4, 0.5) is 0 Å². The maximum Gasteiger partial charge on any atom is 0.0738 e. The van der Waals surface area contributed by atoms with Gasteiger partial charge in [-0.05, 0) is 63.9 Å². The van der Waals surface area contributed by atoms with Gasteiger partial charge in [-0.3, -0.25) is 9.67 Å². The van der Waals surface area contributed by atoms with Crippen LogP contribution in [0.3, 0.4) is 0 Å². The fourth-order valence-electron chi connectivity index (χ4n) is 2.29. The Bertz CT molecular complexity index is 592. The number of aromatic nitrogens is 3. The third-order valence-corrected chi connectivity index (χ3v) is 4.91. The molecule has 0 bridgehead atoms. The zero-order valence-electron chi connectivity index (χ0n) is 12.5. The smallest absolute Gasteiger partial charge is 0.0738 e. The predicted octanol–water partition coefficient (Wildman–Crippen LogP) is 3.93. The van der Waals surface area contributed by atoms with Gasteiger partial charge in [0.05, 0.1) is 27.6 Å². The third-order valence-electron chi connectivity index (χ3n) is 3.41. The Balaban J connectivity index is 2.25. The molecule has 0 saturated heterocycles. The second-order valence-corrected chi connectivity index (χ2v) is 6.79. The van der Waals surface area contributed by atoms with Crippen molar-refractivity contribution in [3.8, 4) is 0 Å². The number of nitrogens with one attached hydrogen (secondary N) is 1. The highest BCUT2D eigenvalue weighted by atomic mass is 79.9. The molecule has 1 unspecified atom stereocenters. The lowest BCUT2D eigenvalue weighted by atomic mass is 10.1. The van der Waals surface area contributed by atoms with Gasteiger partial charge >= 0.3 is 0 Å². The summed E-state index contributed by atoms with van der Waals surface area (Å²) < 4.78 is 4.03. The normalized spacial score (nSPS) is 12.6. The second kappa shape index (κ2) is 7.51. The molecule has 0 amide bonds. The van der Waals surface area contributed by atoms with Crippen molar-refractivity contribution >= 4 is 31.9 Å². The molecule has 0 saturated carbocycles. The van der Waals surface area contributed by atoms with Crippen molar-refractivity contribution in [1.82, 2.24) is 20.1 Å². The van der Waals surface area contributed by atoms with Gasteiger partial charge in [0.15, 0.2) is 0 Å². The number of hydrogen-bond donors (Lipinski definition) is 1. The Labute approximate surface area is 142 Å². The van der Waals surface area contributed by atoms with Gasteiger partial charge in [0.25, 0.3) is 0 Å². The molecule has 2 aromatic heterocycles. The van der Waals surface area contributed by atoms with E-state index in [1.165, 1.54) is 5.69 Å². The molecule has 1 N–H and O–H groups in total. The quantitative estimate of drug-likeness (QED) is 0.776. The highest BCUT2D eigenvalue weighted by Crippen LogP contribution is 2.25. The molecule has 2 rings (SSSR count). The van der Waals surface area contributed by atoms with Crippen LogP contribution >= 0.6 is 31.9 Å². The fourth-order valence-corrected chi connectivity index (χ4v) is 3.02. The largest absolute Gasteiger partial charge is 0.308 e. The van der Waals surface area contributed by atoms with Crippen LogP contribution in [0.2, 0.25) is 0 Å². The molecule has 4 nitrogen and oxygen atoms in total. The molecule has 0 radical (unpaired) electrons. The summed E-state index contributed by atoms with van der Waals surface area (Å²) in [5.74, 6) is 0. The van der Waals surface area contributed by atoms with E-state index in [9.17, 15) is 0 Å². The van der Waals surface area contributed by atoms with Crippen LogP contribution < -0.4 is 5.32 Å². The number of hydrogen-bond acceptors (Lipinski definition) is 3. The van der Waals surface area contributed by atoms with Crippen molar-refractivity contribution in [2.24, 2.45) is 7.05 Å². The van der Waals surface area contributed by atoms with Crippen molar-refractivity contribution in [3.63, 3.8) is 0 Å². The van der Waals surface area contributed by atoms with Gasteiger partial charge in [-0.1, -0.05) is 6.92 Å². The minimum Gasteiger partial charge on any atom is -0.308 e. The molecule has 2 aromatic rings. The Kier molecular flexibility index (Phi) is 5.96. The first-order chi connectivity index (χ1) is 10.0. The number of halogens is 2. The number of aryl methyl sites for hydroxylation is 2. The summed E-state index contributed by atoms with van der Waals surface area (Å²) in [6, 6.07) is 4.28. The predicted molar refractivity (Wildman–Crippen MR) is 92.3 cm³/mol. The van der Waals surface area contributed by atoms with Crippen LogP contribution in [0, 0.1) is 6.92 Å². The van der Waals surface area contributed by atoms with E-state index >= 15 is 0 Å². The molecule has 6 heteroatoms. The number of pyridine rings is 1. The topological polar surface area (TPSA) is 42.7 Å². The average molecular weight is 416 g/mol. The number of nitrogens with zero attached hydrogens (tertiary/aromatic N) is 3. The molecular formula is C15H20Br2N4. The van der Waals surface area contributed by atoms with Gasteiger partial charge in [0.2, 0.25) is 0 Å². The Hall–Kier alpha value is -0.720. The van der Waals surface area contributed by atoms with Gasteiger partial charge in [-0.15, -0.1) is 0 Å². The van der Waals surface area contributed by atoms with Crippen LogP contribution in [0.1, 0.15) is 36.5 Å². The summed E-state index contributed by atoms with van der Waals surface area (Å²) in [4.78, 5) is 4.54. The van der Waals surface area contributed by atoms with E-state index in [1.807, 2.05) is 30.9 Å². The molecule has 0 aliphatic rings. The standard InChI is InChI=1S/C15H20Br2N4/c1-4-7-18-13(12-6-5-11(16)9-19-12)8-14-15(17)10(2)20-21(14)3/h5-6,9,13,18H,4,7-8H2,1-3H3. The minimum absolute atomic E-state index is 0.184. The van der Waals surface area contributed by atoms with E-state index in [2.05, 4.69) is 60.2 Å². The van der Waals surface area contributed by atoms with Crippen molar-refractivity contribution in [1.29, 1.82) is 0 Å². The van der Waals surface area contributed by atoms with Crippen molar-refractivity contribution in [2.45, 2.75) is 32.7 Å². The van der Waals surface area contributed by atoms with Crippen LogP contribution in [0.15, 0.2) is 27.3 Å². The fraction of sp³-hybridized carbons (Fsp3) is 0.467. The zero-order chi connectivity index (χ0) is 15.4. The van der Waals surface area contributed by atoms with Gasteiger partial charge in [0, 0.05) is 24.1 Å². The lowest BCUT2D eigenvalue weighted by Crippen LogP contribution is -2.25. The molecule has 114 valence electrons. The zero-order valence-corrected chi connectivity index (χ0v) is 15.7.